The summed E-state index contributed by atoms with van der Waals surface area (Å²) < 4.78 is 5.70. The Morgan fingerprint density at radius 1 is 1.20 bits per heavy atom. The van der Waals surface area contributed by atoms with E-state index < -0.39 is 0 Å². The van der Waals surface area contributed by atoms with E-state index >= 15 is 0 Å². The first-order valence-electron chi connectivity index (χ1n) is 6.92. The van der Waals surface area contributed by atoms with Crippen LogP contribution in [-0.2, 0) is 0 Å². The molecule has 0 radical (unpaired) electrons. The zero-order chi connectivity index (χ0) is 13.9. The fourth-order valence-corrected chi connectivity index (χ4v) is 2.61. The van der Waals surface area contributed by atoms with Gasteiger partial charge in [0.2, 0.25) is 0 Å². The zero-order valence-electron chi connectivity index (χ0n) is 11.8. The minimum Gasteiger partial charge on any atom is -0.467 e. The van der Waals surface area contributed by atoms with Crippen LogP contribution in [0.25, 0.3) is 10.9 Å². The molecule has 0 saturated carbocycles. The van der Waals surface area contributed by atoms with Gasteiger partial charge in [-0.2, -0.15) is 0 Å². The lowest BCUT2D eigenvalue weighted by Gasteiger charge is -2.19. The maximum absolute atomic E-state index is 5.70. The van der Waals surface area contributed by atoms with Crippen LogP contribution in [0.2, 0.25) is 0 Å². The number of furan rings is 1. The highest BCUT2D eigenvalue weighted by atomic mass is 16.3. The SMILES string of the molecule is CCNC(c1occc1C)c1cccc2ncccc12. The molecule has 0 spiro atoms. The predicted octanol–water partition coefficient (Wildman–Crippen LogP) is 3.84. The van der Waals surface area contributed by atoms with Gasteiger partial charge in [0.1, 0.15) is 5.76 Å². The molecule has 3 nitrogen and oxygen atoms in total. The molecule has 0 aliphatic heterocycles. The smallest absolute Gasteiger partial charge is 0.128 e. The van der Waals surface area contributed by atoms with Crippen molar-refractivity contribution in [1.29, 1.82) is 0 Å². The Balaban J connectivity index is 2.17. The number of fused-ring (bicyclic) bond motifs is 1. The summed E-state index contributed by atoms with van der Waals surface area (Å²) in [6.07, 6.45) is 3.57. The van der Waals surface area contributed by atoms with E-state index in [0.717, 1.165) is 28.8 Å². The number of rotatable bonds is 4. The number of hydrogen-bond donors (Lipinski definition) is 1. The van der Waals surface area contributed by atoms with Gasteiger partial charge in [-0.3, -0.25) is 4.98 Å². The van der Waals surface area contributed by atoms with Crippen LogP contribution in [0.4, 0.5) is 0 Å². The number of pyridine rings is 1. The van der Waals surface area contributed by atoms with Gasteiger partial charge in [-0.1, -0.05) is 25.1 Å². The summed E-state index contributed by atoms with van der Waals surface area (Å²) in [7, 11) is 0. The first-order chi connectivity index (χ1) is 9.81. The molecule has 0 saturated heterocycles. The lowest BCUT2D eigenvalue weighted by molar-refractivity contribution is 0.450. The lowest BCUT2D eigenvalue weighted by atomic mass is 9.97. The molecule has 0 fully saturated rings. The third kappa shape index (κ3) is 2.21. The third-order valence-electron chi connectivity index (χ3n) is 3.56. The number of hydrogen-bond acceptors (Lipinski definition) is 3. The van der Waals surface area contributed by atoms with E-state index in [1.54, 1.807) is 6.26 Å². The van der Waals surface area contributed by atoms with E-state index in [4.69, 9.17) is 4.42 Å². The van der Waals surface area contributed by atoms with E-state index in [-0.39, 0.29) is 6.04 Å². The summed E-state index contributed by atoms with van der Waals surface area (Å²) in [5.74, 6) is 0.975. The minimum atomic E-state index is 0.0582. The van der Waals surface area contributed by atoms with Crippen molar-refractivity contribution >= 4 is 10.9 Å². The number of benzene rings is 1. The highest BCUT2D eigenvalue weighted by Crippen LogP contribution is 2.30. The molecule has 102 valence electrons. The summed E-state index contributed by atoms with van der Waals surface area (Å²) in [6, 6.07) is 12.4. The number of nitrogens with zero attached hydrogens (tertiary/aromatic N) is 1. The Morgan fingerprint density at radius 2 is 2.10 bits per heavy atom. The van der Waals surface area contributed by atoms with Crippen molar-refractivity contribution in [3.05, 3.63) is 65.7 Å². The van der Waals surface area contributed by atoms with Crippen molar-refractivity contribution in [3.8, 4) is 0 Å². The Labute approximate surface area is 118 Å². The second-order valence-electron chi connectivity index (χ2n) is 4.88. The maximum atomic E-state index is 5.70. The summed E-state index contributed by atoms with van der Waals surface area (Å²) in [5.41, 5.74) is 3.38. The summed E-state index contributed by atoms with van der Waals surface area (Å²) in [4.78, 5) is 4.43. The molecule has 0 amide bonds. The predicted molar refractivity (Wildman–Crippen MR) is 80.7 cm³/mol. The fraction of sp³-hybridized carbons (Fsp3) is 0.235. The maximum Gasteiger partial charge on any atom is 0.128 e. The summed E-state index contributed by atoms with van der Waals surface area (Å²) >= 11 is 0. The molecular formula is C17H18N2O. The van der Waals surface area contributed by atoms with Gasteiger partial charge >= 0.3 is 0 Å². The monoisotopic (exact) mass is 266 g/mol. The average Bonchev–Trinajstić information content (AvgIpc) is 2.90. The van der Waals surface area contributed by atoms with Crippen LogP contribution in [0.15, 0.2) is 53.3 Å². The third-order valence-corrected chi connectivity index (χ3v) is 3.56. The van der Waals surface area contributed by atoms with Gasteiger partial charge < -0.3 is 9.73 Å². The van der Waals surface area contributed by atoms with Crippen molar-refractivity contribution < 1.29 is 4.42 Å². The van der Waals surface area contributed by atoms with Crippen molar-refractivity contribution in [3.63, 3.8) is 0 Å². The van der Waals surface area contributed by atoms with Gasteiger partial charge in [0.05, 0.1) is 17.8 Å². The largest absolute Gasteiger partial charge is 0.467 e. The molecule has 0 bridgehead atoms. The van der Waals surface area contributed by atoms with E-state index in [2.05, 4.69) is 36.3 Å². The standard InChI is InChI=1S/C17H18N2O/c1-3-18-16(17-12(2)9-11-20-17)14-6-4-8-15-13(14)7-5-10-19-15/h4-11,16,18H,3H2,1-2H3. The zero-order valence-corrected chi connectivity index (χ0v) is 11.8. The van der Waals surface area contributed by atoms with E-state index in [1.165, 1.54) is 5.56 Å². The molecule has 1 unspecified atom stereocenters. The second-order valence-corrected chi connectivity index (χ2v) is 4.88. The number of aryl methyl sites for hydroxylation is 1. The fourth-order valence-electron chi connectivity index (χ4n) is 2.61. The highest BCUT2D eigenvalue weighted by Gasteiger charge is 2.20. The van der Waals surface area contributed by atoms with Crippen molar-refractivity contribution in [2.45, 2.75) is 19.9 Å². The molecule has 1 atom stereocenters. The molecule has 0 aliphatic carbocycles. The molecule has 0 aliphatic rings. The number of aromatic nitrogens is 1. The van der Waals surface area contributed by atoms with Gasteiger partial charge in [-0.25, -0.2) is 0 Å². The Kier molecular flexibility index (Phi) is 3.52. The Hall–Kier alpha value is -2.13. The summed E-state index contributed by atoms with van der Waals surface area (Å²) in [6.45, 7) is 5.06. The highest BCUT2D eigenvalue weighted by molar-refractivity contribution is 5.82. The molecule has 2 aromatic heterocycles. The Bertz CT molecular complexity index is 712. The number of nitrogens with one attached hydrogen (secondary N) is 1. The quantitative estimate of drug-likeness (QED) is 0.779. The van der Waals surface area contributed by atoms with E-state index in [0.29, 0.717) is 0 Å². The van der Waals surface area contributed by atoms with Gasteiger partial charge in [0.15, 0.2) is 0 Å². The van der Waals surface area contributed by atoms with Gasteiger partial charge in [0, 0.05) is 11.6 Å². The average molecular weight is 266 g/mol. The van der Waals surface area contributed by atoms with Gasteiger partial charge in [-0.15, -0.1) is 0 Å². The molecule has 1 N–H and O–H groups in total. The molecule has 1 aromatic carbocycles. The van der Waals surface area contributed by atoms with Crippen LogP contribution in [0.5, 0.6) is 0 Å². The topological polar surface area (TPSA) is 38.1 Å². The van der Waals surface area contributed by atoms with Crippen LogP contribution < -0.4 is 5.32 Å². The van der Waals surface area contributed by atoms with Crippen LogP contribution in [-0.4, -0.2) is 11.5 Å². The van der Waals surface area contributed by atoms with Crippen LogP contribution in [0.3, 0.4) is 0 Å². The first-order valence-corrected chi connectivity index (χ1v) is 6.92. The molecule has 20 heavy (non-hydrogen) atoms. The van der Waals surface area contributed by atoms with Gasteiger partial charge in [-0.05, 0) is 42.8 Å². The van der Waals surface area contributed by atoms with E-state index in [1.807, 2.05) is 30.5 Å². The van der Waals surface area contributed by atoms with Crippen LogP contribution in [0, 0.1) is 6.92 Å². The normalized spacial score (nSPS) is 12.7. The van der Waals surface area contributed by atoms with Crippen LogP contribution in [0.1, 0.15) is 29.9 Å². The van der Waals surface area contributed by atoms with Crippen molar-refractivity contribution in [1.82, 2.24) is 10.3 Å². The molecule has 3 rings (SSSR count). The van der Waals surface area contributed by atoms with Crippen molar-refractivity contribution in [2.75, 3.05) is 6.54 Å². The lowest BCUT2D eigenvalue weighted by Crippen LogP contribution is -2.22. The van der Waals surface area contributed by atoms with Crippen LogP contribution >= 0.6 is 0 Å². The van der Waals surface area contributed by atoms with Gasteiger partial charge in [0.25, 0.3) is 0 Å². The molecular weight excluding hydrogens is 248 g/mol. The minimum absolute atomic E-state index is 0.0582. The van der Waals surface area contributed by atoms with E-state index in [9.17, 15) is 0 Å². The Morgan fingerprint density at radius 3 is 2.85 bits per heavy atom. The second kappa shape index (κ2) is 5.47. The molecule has 3 aromatic rings. The molecule has 2 heterocycles. The van der Waals surface area contributed by atoms with Crippen molar-refractivity contribution in [2.24, 2.45) is 0 Å². The summed E-state index contributed by atoms with van der Waals surface area (Å²) in [5, 5.41) is 4.68. The first kappa shape index (κ1) is 12.9. The molecule has 3 heteroatoms.